The maximum absolute atomic E-state index is 10.1. The second-order valence-electron chi connectivity index (χ2n) is 3.87. The summed E-state index contributed by atoms with van der Waals surface area (Å²) in [7, 11) is 0. The van der Waals surface area contributed by atoms with Gasteiger partial charge in [-0.2, -0.15) is 4.99 Å². The molecular weight excluding hydrogens is 224 g/mol. The van der Waals surface area contributed by atoms with E-state index in [9.17, 15) is 4.79 Å². The van der Waals surface area contributed by atoms with Gasteiger partial charge in [0.1, 0.15) is 0 Å². The van der Waals surface area contributed by atoms with Gasteiger partial charge in [-0.05, 0) is 48.5 Å². The van der Waals surface area contributed by atoms with Gasteiger partial charge < -0.3 is 0 Å². The van der Waals surface area contributed by atoms with Crippen LogP contribution in [0.25, 0.3) is 0 Å². The topological polar surface area (TPSA) is 41.8 Å². The third-order valence-electron chi connectivity index (χ3n) is 2.64. The van der Waals surface area contributed by atoms with Gasteiger partial charge in [0, 0.05) is 0 Å². The molecule has 0 radical (unpaired) electrons. The largest absolute Gasteiger partial charge is 0.265 e. The molecule has 3 nitrogen and oxygen atoms in total. The van der Waals surface area contributed by atoms with Gasteiger partial charge >= 0.3 is 0 Å². The zero-order chi connectivity index (χ0) is 12.8. The highest BCUT2D eigenvalue weighted by Crippen LogP contribution is 2.17. The highest BCUT2D eigenvalue weighted by molar-refractivity contribution is 5.50. The van der Waals surface area contributed by atoms with Crippen molar-refractivity contribution in [3.8, 4) is 0 Å². The fraction of sp³-hybridized carbons (Fsp3) is 0.0667. The van der Waals surface area contributed by atoms with Gasteiger partial charge in [-0.15, -0.1) is 0 Å². The summed E-state index contributed by atoms with van der Waals surface area (Å²) in [5.41, 5.74) is 3.86. The van der Waals surface area contributed by atoms with Crippen LogP contribution in [-0.2, 0) is 11.2 Å². The number of isocyanates is 1. The Labute approximate surface area is 106 Å². The molecule has 18 heavy (non-hydrogen) atoms. The van der Waals surface area contributed by atoms with Crippen LogP contribution in [0.2, 0.25) is 0 Å². The molecule has 0 bridgehead atoms. The first-order valence-electron chi connectivity index (χ1n) is 5.54. The molecule has 88 valence electrons. The lowest BCUT2D eigenvalue weighted by molar-refractivity contribution is 0.565. The summed E-state index contributed by atoms with van der Waals surface area (Å²) in [6.07, 6.45) is 2.36. The minimum absolute atomic E-state index is 0.625. The zero-order valence-corrected chi connectivity index (χ0v) is 9.84. The number of hydrogen-bond donors (Lipinski definition) is 0. The van der Waals surface area contributed by atoms with E-state index >= 15 is 0 Å². The molecule has 0 spiro atoms. The van der Waals surface area contributed by atoms with E-state index in [1.807, 2.05) is 36.4 Å². The van der Waals surface area contributed by atoms with E-state index in [4.69, 9.17) is 0 Å². The Morgan fingerprint density at radius 2 is 1.39 bits per heavy atom. The van der Waals surface area contributed by atoms with Gasteiger partial charge in [0.15, 0.2) is 0 Å². The van der Waals surface area contributed by atoms with Crippen molar-refractivity contribution in [1.82, 2.24) is 0 Å². The van der Waals surface area contributed by atoms with Crippen LogP contribution >= 0.6 is 0 Å². The fourth-order valence-corrected chi connectivity index (χ4v) is 1.70. The first-order valence-corrected chi connectivity index (χ1v) is 5.54. The Bertz CT molecular complexity index is 579. The molecule has 0 saturated carbocycles. The summed E-state index contributed by atoms with van der Waals surface area (Å²) in [4.78, 5) is 17.5. The van der Waals surface area contributed by atoms with Crippen molar-refractivity contribution in [3.63, 3.8) is 0 Å². The summed E-state index contributed by atoms with van der Waals surface area (Å²) in [6, 6.07) is 15.5. The number of aliphatic imine (C=N–C) groups is 2. The molecular formula is C15H12N2O. The van der Waals surface area contributed by atoms with E-state index < -0.39 is 0 Å². The van der Waals surface area contributed by atoms with Crippen LogP contribution in [0.5, 0.6) is 0 Å². The normalized spacial score (nSPS) is 9.56. The maximum atomic E-state index is 10.1. The van der Waals surface area contributed by atoms with Crippen molar-refractivity contribution >= 4 is 24.2 Å². The Morgan fingerprint density at radius 1 is 0.889 bits per heavy atom. The standard InChI is InChI=1S/C15H12N2O/c1-16-14-6-2-12(3-7-14)10-13-4-8-15(9-5-13)17-11-18/h2-9H,1,10H2. The zero-order valence-electron chi connectivity index (χ0n) is 9.84. The number of carbonyl (C=O) groups excluding carboxylic acids is 1. The van der Waals surface area contributed by atoms with Crippen LogP contribution < -0.4 is 0 Å². The molecule has 0 fully saturated rings. The van der Waals surface area contributed by atoms with E-state index in [2.05, 4.69) is 16.7 Å². The predicted octanol–water partition coefficient (Wildman–Crippen LogP) is 3.58. The van der Waals surface area contributed by atoms with Crippen LogP contribution in [0.4, 0.5) is 11.4 Å². The minimum Gasteiger partial charge on any atom is -0.265 e. The van der Waals surface area contributed by atoms with Crippen LogP contribution in [0, 0.1) is 0 Å². The highest BCUT2D eigenvalue weighted by Gasteiger charge is 1.97. The summed E-state index contributed by atoms with van der Waals surface area (Å²) >= 11 is 0. The lowest BCUT2D eigenvalue weighted by Gasteiger charge is -2.02. The molecule has 0 aliphatic heterocycles. The molecule has 0 N–H and O–H groups in total. The van der Waals surface area contributed by atoms with Crippen molar-refractivity contribution < 1.29 is 4.79 Å². The quantitative estimate of drug-likeness (QED) is 0.591. The lowest BCUT2D eigenvalue weighted by atomic mass is 10.0. The molecule has 0 atom stereocenters. The van der Waals surface area contributed by atoms with Gasteiger partial charge in [0.25, 0.3) is 0 Å². The molecule has 2 rings (SSSR count). The number of hydrogen-bond acceptors (Lipinski definition) is 3. The third kappa shape index (κ3) is 3.00. The monoisotopic (exact) mass is 236 g/mol. The molecule has 3 heteroatoms. The summed E-state index contributed by atoms with van der Waals surface area (Å²) in [5, 5.41) is 0. The summed E-state index contributed by atoms with van der Waals surface area (Å²) < 4.78 is 0. The van der Waals surface area contributed by atoms with Gasteiger partial charge in [0.2, 0.25) is 6.08 Å². The van der Waals surface area contributed by atoms with Crippen LogP contribution in [0.3, 0.4) is 0 Å². The van der Waals surface area contributed by atoms with Crippen LogP contribution in [0.1, 0.15) is 11.1 Å². The van der Waals surface area contributed by atoms with Gasteiger partial charge in [-0.1, -0.05) is 24.3 Å². The maximum Gasteiger partial charge on any atom is 0.240 e. The molecule has 0 aliphatic rings. The van der Waals surface area contributed by atoms with E-state index in [0.29, 0.717) is 5.69 Å². The van der Waals surface area contributed by atoms with E-state index in [-0.39, 0.29) is 0 Å². The minimum atomic E-state index is 0.625. The number of nitrogens with zero attached hydrogens (tertiary/aromatic N) is 2. The predicted molar refractivity (Wildman–Crippen MR) is 72.7 cm³/mol. The molecule has 0 amide bonds. The molecule has 0 aliphatic carbocycles. The van der Waals surface area contributed by atoms with E-state index in [1.165, 1.54) is 17.2 Å². The first-order chi connectivity index (χ1) is 8.81. The summed E-state index contributed by atoms with van der Waals surface area (Å²) in [6.45, 7) is 3.48. The number of benzene rings is 2. The smallest absolute Gasteiger partial charge is 0.240 e. The van der Waals surface area contributed by atoms with E-state index in [0.717, 1.165) is 12.1 Å². The molecule has 0 unspecified atom stereocenters. The Hall–Kier alpha value is -2.51. The molecule has 0 heterocycles. The van der Waals surface area contributed by atoms with E-state index in [1.54, 1.807) is 12.1 Å². The third-order valence-corrected chi connectivity index (χ3v) is 2.64. The second-order valence-corrected chi connectivity index (χ2v) is 3.87. The first kappa shape index (κ1) is 12.0. The molecule has 0 aromatic heterocycles. The molecule has 0 saturated heterocycles. The Kier molecular flexibility index (Phi) is 3.79. The van der Waals surface area contributed by atoms with Crippen LogP contribution in [-0.4, -0.2) is 12.8 Å². The average Bonchev–Trinajstić information content (AvgIpc) is 2.42. The Morgan fingerprint density at radius 3 is 1.83 bits per heavy atom. The lowest BCUT2D eigenvalue weighted by Crippen LogP contribution is -1.86. The van der Waals surface area contributed by atoms with Gasteiger partial charge in [0.05, 0.1) is 11.4 Å². The van der Waals surface area contributed by atoms with Crippen molar-refractivity contribution in [2.75, 3.05) is 0 Å². The molecule has 2 aromatic carbocycles. The van der Waals surface area contributed by atoms with Crippen LogP contribution in [0.15, 0.2) is 58.5 Å². The van der Waals surface area contributed by atoms with Crippen molar-refractivity contribution in [2.45, 2.75) is 6.42 Å². The summed E-state index contributed by atoms with van der Waals surface area (Å²) in [5.74, 6) is 0. The second kappa shape index (κ2) is 5.71. The van der Waals surface area contributed by atoms with Crippen molar-refractivity contribution in [3.05, 3.63) is 59.7 Å². The van der Waals surface area contributed by atoms with Crippen molar-refractivity contribution in [1.29, 1.82) is 0 Å². The van der Waals surface area contributed by atoms with Gasteiger partial charge in [-0.3, -0.25) is 4.99 Å². The fourth-order valence-electron chi connectivity index (χ4n) is 1.70. The molecule has 2 aromatic rings. The average molecular weight is 236 g/mol. The van der Waals surface area contributed by atoms with Crippen molar-refractivity contribution in [2.24, 2.45) is 9.98 Å². The van der Waals surface area contributed by atoms with Gasteiger partial charge in [-0.25, -0.2) is 4.79 Å². The highest BCUT2D eigenvalue weighted by atomic mass is 16.1. The number of rotatable bonds is 4. The Balaban J connectivity index is 2.12. The SMILES string of the molecule is C=Nc1ccc(Cc2ccc(N=C=O)cc2)cc1.